The molecule has 12 heavy (non-hydrogen) atoms. The largest absolute Gasteiger partial charge is 0.478 e. The molecule has 0 unspecified atom stereocenters. The zero-order valence-electron chi connectivity index (χ0n) is 6.02. The molecule has 0 bridgehead atoms. The zero-order valence-corrected chi connectivity index (χ0v) is 6.02. The first kappa shape index (κ1) is 8.19. The number of amides is 1. The fourth-order valence-electron chi connectivity index (χ4n) is 0.759. The van der Waals surface area contributed by atoms with Gasteiger partial charge >= 0.3 is 5.97 Å². The molecule has 0 aliphatic heterocycles. The predicted molar refractivity (Wildman–Crippen MR) is 40.9 cm³/mol. The van der Waals surface area contributed by atoms with Crippen molar-refractivity contribution in [1.82, 2.24) is 4.98 Å². The molecule has 0 radical (unpaired) electrons. The number of nitrogens with one attached hydrogen (secondary N) is 1. The molecule has 0 atom stereocenters. The van der Waals surface area contributed by atoms with Gasteiger partial charge in [-0.1, -0.05) is 0 Å². The molecule has 1 aromatic heterocycles. The SMILES string of the molecule is O=CNc1cnccc1C(=O)O. The Morgan fingerprint density at radius 3 is 3.00 bits per heavy atom. The summed E-state index contributed by atoms with van der Waals surface area (Å²) in [5, 5.41) is 10.8. The van der Waals surface area contributed by atoms with E-state index >= 15 is 0 Å². The number of anilines is 1. The minimum atomic E-state index is -1.10. The highest BCUT2D eigenvalue weighted by atomic mass is 16.4. The Balaban J connectivity index is 3.07. The molecule has 2 N–H and O–H groups in total. The summed E-state index contributed by atoms with van der Waals surface area (Å²) >= 11 is 0. The highest BCUT2D eigenvalue weighted by molar-refractivity contribution is 5.96. The second-order valence-electron chi connectivity index (χ2n) is 1.99. The maximum atomic E-state index is 10.5. The Morgan fingerprint density at radius 1 is 1.67 bits per heavy atom. The maximum Gasteiger partial charge on any atom is 0.337 e. The van der Waals surface area contributed by atoms with Crippen LogP contribution < -0.4 is 5.32 Å². The van der Waals surface area contributed by atoms with Crippen LogP contribution in [0.5, 0.6) is 0 Å². The summed E-state index contributed by atoms with van der Waals surface area (Å²) in [4.78, 5) is 24.2. The number of carboxylic acid groups (broad SMARTS) is 1. The molecule has 1 rings (SSSR count). The molecule has 1 heterocycles. The minimum absolute atomic E-state index is 0.0251. The van der Waals surface area contributed by atoms with Crippen LogP contribution in [0.4, 0.5) is 5.69 Å². The van der Waals surface area contributed by atoms with Crippen molar-refractivity contribution in [2.45, 2.75) is 0 Å². The summed E-state index contributed by atoms with van der Waals surface area (Å²) in [6, 6.07) is 1.31. The van der Waals surface area contributed by atoms with E-state index in [1.54, 1.807) is 0 Å². The van der Waals surface area contributed by atoms with E-state index in [0.29, 0.717) is 6.41 Å². The number of carboxylic acids is 1. The van der Waals surface area contributed by atoms with Crippen LogP contribution in [0, 0.1) is 0 Å². The average molecular weight is 166 g/mol. The monoisotopic (exact) mass is 166 g/mol. The van der Waals surface area contributed by atoms with Gasteiger partial charge in [0.15, 0.2) is 0 Å². The highest BCUT2D eigenvalue weighted by Gasteiger charge is 2.07. The molecule has 0 aliphatic rings. The van der Waals surface area contributed by atoms with Crippen molar-refractivity contribution < 1.29 is 14.7 Å². The number of hydrogen-bond donors (Lipinski definition) is 2. The summed E-state index contributed by atoms with van der Waals surface area (Å²) in [6.07, 6.45) is 3.03. The normalized spacial score (nSPS) is 9.00. The van der Waals surface area contributed by atoms with Crippen LogP contribution in [0.1, 0.15) is 10.4 Å². The number of hydrogen-bond acceptors (Lipinski definition) is 3. The molecule has 0 aliphatic carbocycles. The molecule has 0 saturated heterocycles. The van der Waals surface area contributed by atoms with E-state index in [4.69, 9.17) is 5.11 Å². The number of rotatable bonds is 3. The van der Waals surface area contributed by atoms with E-state index in [0.717, 1.165) is 0 Å². The van der Waals surface area contributed by atoms with E-state index in [1.165, 1.54) is 18.5 Å². The summed E-state index contributed by atoms with van der Waals surface area (Å²) in [5.74, 6) is -1.10. The molecule has 0 fully saturated rings. The lowest BCUT2D eigenvalue weighted by Gasteiger charge is -2.00. The van der Waals surface area contributed by atoms with Crippen LogP contribution in [0.15, 0.2) is 18.5 Å². The molecule has 0 saturated carbocycles. The molecule has 1 amide bonds. The molecular formula is C7H6N2O3. The van der Waals surface area contributed by atoms with Crippen LogP contribution in [0.25, 0.3) is 0 Å². The Kier molecular flexibility index (Phi) is 2.37. The molecule has 0 aromatic carbocycles. The highest BCUT2D eigenvalue weighted by Crippen LogP contribution is 2.11. The third kappa shape index (κ3) is 1.57. The van der Waals surface area contributed by atoms with Crippen molar-refractivity contribution in [2.75, 3.05) is 5.32 Å². The van der Waals surface area contributed by atoms with Crippen molar-refractivity contribution in [3.63, 3.8) is 0 Å². The maximum absolute atomic E-state index is 10.5. The third-order valence-electron chi connectivity index (χ3n) is 1.27. The van der Waals surface area contributed by atoms with Gasteiger partial charge in [-0.15, -0.1) is 0 Å². The van der Waals surface area contributed by atoms with E-state index in [-0.39, 0.29) is 11.3 Å². The average Bonchev–Trinajstić information content (AvgIpc) is 2.05. The Hall–Kier alpha value is -1.91. The fraction of sp³-hybridized carbons (Fsp3) is 0. The lowest BCUT2D eigenvalue weighted by Crippen LogP contribution is -2.04. The number of carbonyl (C=O) groups excluding carboxylic acids is 1. The number of carbonyl (C=O) groups is 2. The number of aromatic carboxylic acids is 1. The number of pyridine rings is 1. The van der Waals surface area contributed by atoms with Gasteiger partial charge < -0.3 is 10.4 Å². The summed E-state index contributed by atoms with van der Waals surface area (Å²) in [5.41, 5.74) is 0.220. The molecule has 5 heteroatoms. The second-order valence-corrected chi connectivity index (χ2v) is 1.99. The number of nitrogens with zero attached hydrogens (tertiary/aromatic N) is 1. The molecular weight excluding hydrogens is 160 g/mol. The first-order valence-corrected chi connectivity index (χ1v) is 3.13. The predicted octanol–water partition coefficient (Wildman–Crippen LogP) is 0.348. The van der Waals surface area contributed by atoms with Gasteiger partial charge in [0.2, 0.25) is 6.41 Å². The lowest BCUT2D eigenvalue weighted by atomic mass is 10.2. The van der Waals surface area contributed by atoms with Crippen LogP contribution in [0.3, 0.4) is 0 Å². The summed E-state index contributed by atoms with van der Waals surface area (Å²) in [6.45, 7) is 0. The van der Waals surface area contributed by atoms with Gasteiger partial charge in [-0.25, -0.2) is 4.79 Å². The third-order valence-corrected chi connectivity index (χ3v) is 1.27. The zero-order chi connectivity index (χ0) is 8.97. The van der Waals surface area contributed by atoms with E-state index in [9.17, 15) is 9.59 Å². The molecule has 1 aromatic rings. The standard InChI is InChI=1S/C7H6N2O3/c10-4-9-6-3-8-2-1-5(6)7(11)12/h1-4H,(H,9,10)(H,11,12). The number of aromatic nitrogens is 1. The summed E-state index contributed by atoms with van der Waals surface area (Å²) < 4.78 is 0. The summed E-state index contributed by atoms with van der Waals surface area (Å²) in [7, 11) is 0. The van der Waals surface area contributed by atoms with Crippen LogP contribution in [-0.4, -0.2) is 22.5 Å². The van der Waals surface area contributed by atoms with Gasteiger partial charge in [0.25, 0.3) is 0 Å². The first-order chi connectivity index (χ1) is 5.75. The second kappa shape index (κ2) is 3.47. The van der Waals surface area contributed by atoms with E-state index < -0.39 is 5.97 Å². The van der Waals surface area contributed by atoms with E-state index in [2.05, 4.69) is 10.3 Å². The minimum Gasteiger partial charge on any atom is -0.478 e. The van der Waals surface area contributed by atoms with Gasteiger partial charge in [0.1, 0.15) is 0 Å². The van der Waals surface area contributed by atoms with Gasteiger partial charge in [0, 0.05) is 6.20 Å². The van der Waals surface area contributed by atoms with Crippen LogP contribution in [0.2, 0.25) is 0 Å². The molecule has 5 nitrogen and oxygen atoms in total. The van der Waals surface area contributed by atoms with Crippen molar-refractivity contribution in [3.05, 3.63) is 24.0 Å². The van der Waals surface area contributed by atoms with Crippen molar-refractivity contribution >= 4 is 18.1 Å². The Morgan fingerprint density at radius 2 is 2.42 bits per heavy atom. The van der Waals surface area contributed by atoms with Gasteiger partial charge in [-0.3, -0.25) is 9.78 Å². The van der Waals surface area contributed by atoms with Crippen LogP contribution in [-0.2, 0) is 4.79 Å². The first-order valence-electron chi connectivity index (χ1n) is 3.13. The van der Waals surface area contributed by atoms with Crippen molar-refractivity contribution in [1.29, 1.82) is 0 Å². The quantitative estimate of drug-likeness (QED) is 0.635. The topological polar surface area (TPSA) is 79.3 Å². The fourth-order valence-corrected chi connectivity index (χ4v) is 0.759. The lowest BCUT2D eigenvalue weighted by molar-refractivity contribution is -0.105. The molecule has 62 valence electrons. The van der Waals surface area contributed by atoms with Gasteiger partial charge in [0.05, 0.1) is 17.4 Å². The van der Waals surface area contributed by atoms with E-state index in [1.807, 2.05) is 0 Å². The Labute approximate surface area is 68.0 Å². The van der Waals surface area contributed by atoms with Crippen LogP contribution >= 0.6 is 0 Å². The van der Waals surface area contributed by atoms with Gasteiger partial charge in [-0.05, 0) is 6.07 Å². The molecule has 0 spiro atoms. The van der Waals surface area contributed by atoms with Gasteiger partial charge in [-0.2, -0.15) is 0 Å². The Bertz CT molecular complexity index is 311. The van der Waals surface area contributed by atoms with Crippen molar-refractivity contribution in [2.24, 2.45) is 0 Å². The van der Waals surface area contributed by atoms with Crippen molar-refractivity contribution in [3.8, 4) is 0 Å². The smallest absolute Gasteiger partial charge is 0.337 e.